The summed E-state index contributed by atoms with van der Waals surface area (Å²) in [5.74, 6) is 0.0523. The van der Waals surface area contributed by atoms with E-state index in [1.165, 1.54) is 21.3 Å². The number of ether oxygens (including phenoxy) is 3. The van der Waals surface area contributed by atoms with Crippen molar-refractivity contribution in [3.8, 4) is 17.2 Å². The minimum absolute atomic E-state index is 0.360. The first-order valence-electron chi connectivity index (χ1n) is 9.54. The van der Waals surface area contributed by atoms with E-state index in [9.17, 15) is 14.4 Å². The summed E-state index contributed by atoms with van der Waals surface area (Å²) in [4.78, 5) is 39.0. The highest BCUT2D eigenvalue weighted by Gasteiger charge is 2.49. The minimum atomic E-state index is -1.24. The van der Waals surface area contributed by atoms with Crippen molar-refractivity contribution in [2.75, 3.05) is 33.2 Å². The van der Waals surface area contributed by atoms with E-state index < -0.39 is 29.9 Å². The van der Waals surface area contributed by atoms with Crippen LogP contribution in [0.5, 0.6) is 17.2 Å². The summed E-state index contributed by atoms with van der Waals surface area (Å²) in [5, 5.41) is 5.34. The van der Waals surface area contributed by atoms with Crippen molar-refractivity contribution in [2.45, 2.75) is 19.4 Å². The SMILES string of the molecule is COc1cc(NC(=O)CN2C(=O)NC(C)(c3ccc(C)cc3)C2=O)cc(OC)c1OC. The van der Waals surface area contributed by atoms with Crippen LogP contribution >= 0.6 is 0 Å². The molecule has 0 aromatic heterocycles. The molecular formula is C22H25N3O6. The molecule has 0 spiro atoms. The molecule has 1 aliphatic heterocycles. The third-order valence-electron chi connectivity index (χ3n) is 5.15. The Balaban J connectivity index is 1.77. The predicted octanol–water partition coefficient (Wildman–Crippen LogP) is 2.43. The average Bonchev–Trinajstić information content (AvgIpc) is 2.97. The number of aryl methyl sites for hydroxylation is 1. The Hall–Kier alpha value is -3.75. The summed E-state index contributed by atoms with van der Waals surface area (Å²) in [6, 6.07) is 9.77. The first-order chi connectivity index (χ1) is 14.7. The molecule has 0 saturated carbocycles. The lowest BCUT2D eigenvalue weighted by Crippen LogP contribution is -2.42. The quantitative estimate of drug-likeness (QED) is 0.658. The number of rotatable bonds is 7. The standard InChI is InChI=1S/C22H25N3O6/c1-13-6-8-14(9-7-13)22(2)20(27)25(21(28)24-22)12-18(26)23-15-10-16(29-3)19(31-5)17(11-15)30-4/h6-11H,12H2,1-5H3,(H,23,26)(H,24,28). The van der Waals surface area contributed by atoms with Gasteiger partial charge in [-0.1, -0.05) is 29.8 Å². The van der Waals surface area contributed by atoms with Crippen molar-refractivity contribution >= 4 is 23.5 Å². The van der Waals surface area contributed by atoms with E-state index in [4.69, 9.17) is 14.2 Å². The molecule has 1 unspecified atom stereocenters. The summed E-state index contributed by atoms with van der Waals surface area (Å²) in [6.07, 6.45) is 0. The number of methoxy groups -OCH3 is 3. The topological polar surface area (TPSA) is 106 Å². The van der Waals surface area contributed by atoms with Crippen LogP contribution in [0, 0.1) is 6.92 Å². The van der Waals surface area contributed by atoms with Gasteiger partial charge >= 0.3 is 6.03 Å². The van der Waals surface area contributed by atoms with Gasteiger partial charge in [0.15, 0.2) is 11.5 Å². The van der Waals surface area contributed by atoms with Crippen LogP contribution < -0.4 is 24.8 Å². The number of carbonyl (C=O) groups is 3. The van der Waals surface area contributed by atoms with Crippen molar-refractivity contribution in [1.29, 1.82) is 0 Å². The van der Waals surface area contributed by atoms with Crippen molar-refractivity contribution in [3.63, 3.8) is 0 Å². The minimum Gasteiger partial charge on any atom is -0.493 e. The molecule has 9 nitrogen and oxygen atoms in total. The maximum Gasteiger partial charge on any atom is 0.325 e. The van der Waals surface area contributed by atoms with Crippen molar-refractivity contribution < 1.29 is 28.6 Å². The van der Waals surface area contributed by atoms with Crippen LogP contribution in [-0.4, -0.2) is 50.6 Å². The average molecular weight is 427 g/mol. The molecular weight excluding hydrogens is 402 g/mol. The van der Waals surface area contributed by atoms with Gasteiger partial charge in [0.25, 0.3) is 5.91 Å². The van der Waals surface area contributed by atoms with E-state index in [0.717, 1.165) is 10.5 Å². The van der Waals surface area contributed by atoms with Crippen molar-refractivity contribution in [3.05, 3.63) is 47.5 Å². The number of nitrogens with one attached hydrogen (secondary N) is 2. The predicted molar refractivity (Wildman–Crippen MR) is 114 cm³/mol. The van der Waals surface area contributed by atoms with Crippen LogP contribution in [-0.2, 0) is 15.1 Å². The lowest BCUT2D eigenvalue weighted by atomic mass is 9.91. The molecule has 2 aromatic carbocycles. The van der Waals surface area contributed by atoms with E-state index in [1.54, 1.807) is 31.2 Å². The van der Waals surface area contributed by atoms with Gasteiger partial charge in [-0.05, 0) is 19.4 Å². The first-order valence-corrected chi connectivity index (χ1v) is 9.54. The molecule has 3 rings (SSSR count). The molecule has 0 radical (unpaired) electrons. The Morgan fingerprint density at radius 3 is 2.13 bits per heavy atom. The number of hydrogen-bond donors (Lipinski definition) is 2. The maximum absolute atomic E-state index is 13.0. The first kappa shape index (κ1) is 21.9. The van der Waals surface area contributed by atoms with Crippen LogP contribution in [0.1, 0.15) is 18.1 Å². The molecule has 9 heteroatoms. The molecule has 1 fully saturated rings. The van der Waals surface area contributed by atoms with Gasteiger partial charge in [0.1, 0.15) is 12.1 Å². The third-order valence-corrected chi connectivity index (χ3v) is 5.15. The second kappa shape index (κ2) is 8.55. The molecule has 164 valence electrons. The number of hydrogen-bond acceptors (Lipinski definition) is 6. The molecule has 4 amide bonds. The summed E-state index contributed by atoms with van der Waals surface area (Å²) in [6.45, 7) is 3.11. The zero-order valence-corrected chi connectivity index (χ0v) is 18.1. The van der Waals surface area contributed by atoms with Crippen molar-refractivity contribution in [1.82, 2.24) is 10.2 Å². The van der Waals surface area contributed by atoms with E-state index >= 15 is 0 Å². The van der Waals surface area contributed by atoms with Gasteiger partial charge in [0, 0.05) is 17.8 Å². The smallest absolute Gasteiger partial charge is 0.325 e. The van der Waals surface area contributed by atoms with Gasteiger partial charge in [-0.3, -0.25) is 14.5 Å². The molecule has 1 saturated heterocycles. The molecule has 2 N–H and O–H groups in total. The van der Waals surface area contributed by atoms with Crippen LogP contribution in [0.15, 0.2) is 36.4 Å². The van der Waals surface area contributed by atoms with E-state index in [0.29, 0.717) is 28.5 Å². The fourth-order valence-corrected chi connectivity index (χ4v) is 3.42. The molecule has 2 aromatic rings. The fourth-order valence-electron chi connectivity index (χ4n) is 3.42. The molecule has 0 aliphatic carbocycles. The second-order valence-electron chi connectivity index (χ2n) is 7.27. The fraction of sp³-hybridized carbons (Fsp3) is 0.318. The number of anilines is 1. The lowest BCUT2D eigenvalue weighted by Gasteiger charge is -2.22. The van der Waals surface area contributed by atoms with Gasteiger partial charge in [-0.2, -0.15) is 0 Å². The van der Waals surface area contributed by atoms with Gasteiger partial charge in [-0.15, -0.1) is 0 Å². The van der Waals surface area contributed by atoms with Crippen LogP contribution in [0.3, 0.4) is 0 Å². The molecule has 1 heterocycles. The number of imide groups is 1. The molecule has 0 bridgehead atoms. The second-order valence-corrected chi connectivity index (χ2v) is 7.27. The molecule has 1 atom stereocenters. The molecule has 31 heavy (non-hydrogen) atoms. The summed E-state index contributed by atoms with van der Waals surface area (Å²) < 4.78 is 15.8. The van der Waals surface area contributed by atoms with E-state index in [-0.39, 0.29) is 0 Å². The number of benzene rings is 2. The number of nitrogens with zero attached hydrogens (tertiary/aromatic N) is 1. The number of urea groups is 1. The highest BCUT2D eigenvalue weighted by Crippen LogP contribution is 2.40. The largest absolute Gasteiger partial charge is 0.493 e. The van der Waals surface area contributed by atoms with Gasteiger partial charge in [0.2, 0.25) is 11.7 Å². The Morgan fingerprint density at radius 2 is 1.61 bits per heavy atom. The van der Waals surface area contributed by atoms with Crippen molar-refractivity contribution in [2.24, 2.45) is 0 Å². The summed E-state index contributed by atoms with van der Waals surface area (Å²) in [7, 11) is 4.39. The van der Waals surface area contributed by atoms with E-state index in [1.807, 2.05) is 19.1 Å². The van der Waals surface area contributed by atoms with Gasteiger partial charge in [0.05, 0.1) is 21.3 Å². The number of amides is 4. The van der Waals surface area contributed by atoms with Gasteiger partial charge in [-0.25, -0.2) is 4.79 Å². The van der Waals surface area contributed by atoms with E-state index in [2.05, 4.69) is 10.6 Å². The number of carbonyl (C=O) groups excluding carboxylic acids is 3. The summed E-state index contributed by atoms with van der Waals surface area (Å²) in [5.41, 5.74) is 0.806. The zero-order valence-electron chi connectivity index (χ0n) is 18.1. The zero-order chi connectivity index (χ0) is 22.8. The van der Waals surface area contributed by atoms with Crippen LogP contribution in [0.25, 0.3) is 0 Å². The highest BCUT2D eigenvalue weighted by molar-refractivity contribution is 6.10. The molecule has 1 aliphatic rings. The Kier molecular flexibility index (Phi) is 6.05. The lowest BCUT2D eigenvalue weighted by molar-refractivity contribution is -0.133. The van der Waals surface area contributed by atoms with Gasteiger partial charge < -0.3 is 24.8 Å². The third kappa shape index (κ3) is 4.11. The van der Waals surface area contributed by atoms with Crippen LogP contribution in [0.4, 0.5) is 10.5 Å². The highest BCUT2D eigenvalue weighted by atomic mass is 16.5. The Bertz CT molecular complexity index is 995. The Morgan fingerprint density at radius 1 is 1.03 bits per heavy atom. The maximum atomic E-state index is 13.0. The summed E-state index contributed by atoms with van der Waals surface area (Å²) >= 11 is 0. The Labute approximate surface area is 180 Å². The normalized spacial score (nSPS) is 17.9. The van der Waals surface area contributed by atoms with Crippen LogP contribution in [0.2, 0.25) is 0 Å². The monoisotopic (exact) mass is 427 g/mol.